The van der Waals surface area contributed by atoms with E-state index in [0.29, 0.717) is 26.5 Å². The van der Waals surface area contributed by atoms with Crippen LogP contribution in [0.1, 0.15) is 0 Å². The van der Waals surface area contributed by atoms with Gasteiger partial charge in [-0.15, -0.1) is 0 Å². The first kappa shape index (κ1) is 16.6. The van der Waals surface area contributed by atoms with E-state index in [0.717, 1.165) is 6.07 Å². The Morgan fingerprint density at radius 3 is 2.69 bits per heavy atom. The van der Waals surface area contributed by atoms with Crippen LogP contribution in [0.2, 0.25) is 5.02 Å². The molecule has 0 saturated heterocycles. The highest BCUT2D eigenvalue weighted by atomic mass is 35.5. The summed E-state index contributed by atoms with van der Waals surface area (Å²) in [4.78, 5) is 8.37. The molecule has 130 valence electrons. The summed E-state index contributed by atoms with van der Waals surface area (Å²) in [7, 11) is 0. The van der Waals surface area contributed by atoms with Crippen molar-refractivity contribution in [3.05, 3.63) is 71.8 Å². The topological polar surface area (TPSA) is 55.6 Å². The number of nitrogens with zero attached hydrogens (tertiary/aromatic N) is 4. The summed E-state index contributed by atoms with van der Waals surface area (Å²) in [5, 5.41) is 8.76. The zero-order valence-corrected chi connectivity index (χ0v) is 14.6. The minimum absolute atomic E-state index is 0.167. The fourth-order valence-corrected chi connectivity index (χ4v) is 3.47. The molecule has 0 aliphatic heterocycles. The number of hydrogen-bond donors (Lipinski definition) is 1. The number of aromatic nitrogens is 4. The van der Waals surface area contributed by atoms with Gasteiger partial charge >= 0.3 is 0 Å². The van der Waals surface area contributed by atoms with Gasteiger partial charge in [-0.05, 0) is 24.3 Å². The Morgan fingerprint density at radius 1 is 1.12 bits per heavy atom. The molecule has 0 unspecified atom stereocenters. The molecule has 0 atom stereocenters. The Hall–Kier alpha value is -2.84. The summed E-state index contributed by atoms with van der Waals surface area (Å²) in [6.45, 7) is 0. The fraction of sp³-hybridized carbons (Fsp3) is 0. The number of anilines is 2. The normalized spacial score (nSPS) is 10.9. The molecule has 1 N–H and O–H groups in total. The first-order valence-corrected chi connectivity index (χ1v) is 8.64. The van der Waals surface area contributed by atoms with E-state index in [-0.39, 0.29) is 5.56 Å². The predicted molar refractivity (Wildman–Crippen MR) is 97.1 cm³/mol. The van der Waals surface area contributed by atoms with E-state index >= 15 is 0 Å². The molecule has 0 bridgehead atoms. The first-order chi connectivity index (χ1) is 12.6. The second-order valence-electron chi connectivity index (χ2n) is 5.24. The van der Waals surface area contributed by atoms with Gasteiger partial charge in [0.25, 0.3) is 0 Å². The van der Waals surface area contributed by atoms with Crippen LogP contribution in [0.25, 0.3) is 16.3 Å². The molecule has 0 aliphatic carbocycles. The Bertz CT molecular complexity index is 1060. The van der Waals surface area contributed by atoms with Crippen LogP contribution in [0.5, 0.6) is 0 Å². The van der Waals surface area contributed by atoms with Gasteiger partial charge in [0.1, 0.15) is 35.0 Å². The maximum atomic E-state index is 14.3. The number of hydrogen-bond acceptors (Lipinski definition) is 5. The lowest BCUT2D eigenvalue weighted by Gasteiger charge is -2.04. The highest BCUT2D eigenvalue weighted by molar-refractivity contribution is 7.18. The van der Waals surface area contributed by atoms with Crippen molar-refractivity contribution in [3.8, 4) is 16.3 Å². The van der Waals surface area contributed by atoms with Crippen molar-refractivity contribution >= 4 is 33.8 Å². The molecule has 5 nitrogen and oxygen atoms in total. The minimum atomic E-state index is -0.707. The molecule has 2 aromatic carbocycles. The lowest BCUT2D eigenvalue weighted by molar-refractivity contribution is 0.585. The summed E-state index contributed by atoms with van der Waals surface area (Å²) in [6, 6.07) is 10.5. The summed E-state index contributed by atoms with van der Waals surface area (Å²) < 4.78 is 29.0. The Balaban J connectivity index is 1.82. The van der Waals surface area contributed by atoms with Gasteiger partial charge in [-0.2, -0.15) is 5.10 Å². The predicted octanol–water partition coefficient (Wildman–Crippen LogP) is 5.07. The number of rotatable bonds is 4. The molecule has 4 rings (SSSR count). The average molecular weight is 390 g/mol. The van der Waals surface area contributed by atoms with Crippen molar-refractivity contribution in [2.75, 3.05) is 5.32 Å². The van der Waals surface area contributed by atoms with E-state index < -0.39 is 11.6 Å². The van der Waals surface area contributed by atoms with Crippen molar-refractivity contribution in [2.45, 2.75) is 0 Å². The van der Waals surface area contributed by atoms with Gasteiger partial charge in [0.05, 0.1) is 10.7 Å². The quantitative estimate of drug-likeness (QED) is 0.529. The zero-order chi connectivity index (χ0) is 18.1. The Kier molecular flexibility index (Phi) is 4.36. The average Bonchev–Trinajstić information content (AvgIpc) is 3.26. The molecule has 2 aromatic heterocycles. The second kappa shape index (κ2) is 6.81. The molecule has 0 spiro atoms. The van der Waals surface area contributed by atoms with Gasteiger partial charge in [0, 0.05) is 11.6 Å². The van der Waals surface area contributed by atoms with E-state index in [2.05, 4.69) is 20.4 Å². The van der Waals surface area contributed by atoms with Gasteiger partial charge in [-0.1, -0.05) is 35.1 Å². The van der Waals surface area contributed by atoms with E-state index in [4.69, 9.17) is 11.6 Å². The van der Waals surface area contributed by atoms with Crippen molar-refractivity contribution in [1.29, 1.82) is 0 Å². The van der Waals surface area contributed by atoms with Crippen LogP contribution in [0, 0.1) is 11.6 Å². The van der Waals surface area contributed by atoms with Gasteiger partial charge in [-0.25, -0.2) is 23.4 Å². The molecule has 9 heteroatoms. The number of benzene rings is 2. The molecule has 26 heavy (non-hydrogen) atoms. The molecule has 0 radical (unpaired) electrons. The van der Waals surface area contributed by atoms with Crippen molar-refractivity contribution < 1.29 is 8.78 Å². The van der Waals surface area contributed by atoms with Gasteiger partial charge < -0.3 is 5.32 Å². The van der Waals surface area contributed by atoms with E-state index in [1.807, 2.05) is 12.1 Å². The molecule has 2 heterocycles. The molecular weight excluding hydrogens is 380 g/mol. The van der Waals surface area contributed by atoms with Gasteiger partial charge in [0.15, 0.2) is 5.13 Å². The molecular formula is C17H10ClF2N5S. The monoisotopic (exact) mass is 389 g/mol. The van der Waals surface area contributed by atoms with E-state index in [1.54, 1.807) is 12.1 Å². The largest absolute Gasteiger partial charge is 0.330 e. The van der Waals surface area contributed by atoms with Crippen LogP contribution >= 0.6 is 22.9 Å². The van der Waals surface area contributed by atoms with Crippen LogP contribution in [0.4, 0.5) is 19.6 Å². The highest BCUT2D eigenvalue weighted by Gasteiger charge is 2.19. The Morgan fingerprint density at radius 2 is 1.96 bits per heavy atom. The van der Waals surface area contributed by atoms with Crippen LogP contribution in [0.15, 0.2) is 55.1 Å². The van der Waals surface area contributed by atoms with Crippen molar-refractivity contribution in [1.82, 2.24) is 19.7 Å². The van der Waals surface area contributed by atoms with E-state index in [1.165, 1.54) is 40.8 Å². The standard InChI is InChI=1S/C17H10ClF2N5S/c18-12-3-1-2-4-14(12)23-17-24-15(11-6-5-10(19)7-13(11)20)16(26-17)25-9-21-8-22-25/h1-9H,(H,23,24). The smallest absolute Gasteiger partial charge is 0.189 e. The SMILES string of the molecule is Fc1ccc(-c2nc(Nc3ccccc3Cl)sc2-n2cncn2)c(F)c1. The van der Waals surface area contributed by atoms with Crippen LogP contribution in [-0.4, -0.2) is 19.7 Å². The van der Waals surface area contributed by atoms with Gasteiger partial charge in [-0.3, -0.25) is 0 Å². The van der Waals surface area contributed by atoms with E-state index in [9.17, 15) is 8.78 Å². The molecule has 0 aliphatic rings. The maximum absolute atomic E-state index is 14.3. The lowest BCUT2D eigenvalue weighted by Crippen LogP contribution is -1.96. The first-order valence-electron chi connectivity index (χ1n) is 7.44. The van der Waals surface area contributed by atoms with Crippen molar-refractivity contribution in [2.24, 2.45) is 0 Å². The molecule has 0 fully saturated rings. The van der Waals surface area contributed by atoms with Crippen molar-refractivity contribution in [3.63, 3.8) is 0 Å². The molecule has 0 saturated carbocycles. The number of nitrogens with one attached hydrogen (secondary N) is 1. The third kappa shape index (κ3) is 3.16. The highest BCUT2D eigenvalue weighted by Crippen LogP contribution is 2.37. The third-order valence-electron chi connectivity index (χ3n) is 3.54. The summed E-state index contributed by atoms with van der Waals surface area (Å²) in [6.07, 6.45) is 2.85. The fourth-order valence-electron chi connectivity index (χ4n) is 2.37. The lowest BCUT2D eigenvalue weighted by atomic mass is 10.1. The maximum Gasteiger partial charge on any atom is 0.189 e. The second-order valence-corrected chi connectivity index (χ2v) is 6.63. The number of halogens is 3. The van der Waals surface area contributed by atoms with Gasteiger partial charge in [0.2, 0.25) is 0 Å². The minimum Gasteiger partial charge on any atom is -0.330 e. The van der Waals surface area contributed by atoms with Crippen LogP contribution in [0.3, 0.4) is 0 Å². The summed E-state index contributed by atoms with van der Waals surface area (Å²) in [5.74, 6) is -1.36. The summed E-state index contributed by atoms with van der Waals surface area (Å²) >= 11 is 7.41. The number of thiazole rings is 1. The third-order valence-corrected chi connectivity index (χ3v) is 4.83. The summed E-state index contributed by atoms with van der Waals surface area (Å²) in [5.41, 5.74) is 1.16. The number of para-hydroxylation sites is 1. The van der Waals surface area contributed by atoms with Crippen LogP contribution in [-0.2, 0) is 0 Å². The molecule has 0 amide bonds. The van der Waals surface area contributed by atoms with Crippen LogP contribution < -0.4 is 5.32 Å². The molecule has 4 aromatic rings. The Labute approximate surface area is 155 Å². The zero-order valence-electron chi connectivity index (χ0n) is 13.0.